The second-order valence-electron chi connectivity index (χ2n) is 7.44. The summed E-state index contributed by atoms with van der Waals surface area (Å²) in [5, 5.41) is 18.4. The number of fused-ring (bicyclic) bond motifs is 1. The number of carbonyl (C=O) groups excluding carboxylic acids is 4. The molecular formula is C19H22N4O5. The van der Waals surface area contributed by atoms with Gasteiger partial charge in [0.1, 0.15) is 6.04 Å². The molecule has 4 rings (SSSR count). The molecule has 0 aliphatic carbocycles. The van der Waals surface area contributed by atoms with Crippen LogP contribution in [-0.4, -0.2) is 64.9 Å². The Hall–Kier alpha value is -2.78. The summed E-state index contributed by atoms with van der Waals surface area (Å²) in [6.45, 7) is 1.24. The smallest absolute Gasteiger partial charge is 0.262 e. The molecule has 1 aromatic carbocycles. The van der Waals surface area contributed by atoms with E-state index in [0.717, 1.165) is 11.3 Å². The Bertz CT molecular complexity index is 855. The molecule has 2 saturated heterocycles. The van der Waals surface area contributed by atoms with Crippen molar-refractivity contribution in [2.75, 3.05) is 18.4 Å². The number of benzene rings is 1. The maximum atomic E-state index is 12.8. The number of imide groups is 2. The predicted octanol–water partition coefficient (Wildman–Crippen LogP) is -0.387. The highest BCUT2D eigenvalue weighted by molar-refractivity contribution is 6.23. The number of amides is 4. The van der Waals surface area contributed by atoms with E-state index in [1.165, 1.54) is 0 Å². The number of piperidine rings is 1. The maximum absolute atomic E-state index is 12.8. The van der Waals surface area contributed by atoms with E-state index in [0.29, 0.717) is 25.2 Å². The van der Waals surface area contributed by atoms with Gasteiger partial charge in [0, 0.05) is 31.2 Å². The van der Waals surface area contributed by atoms with E-state index in [-0.39, 0.29) is 36.1 Å². The second kappa shape index (κ2) is 7.33. The van der Waals surface area contributed by atoms with Crippen LogP contribution in [0.1, 0.15) is 46.4 Å². The van der Waals surface area contributed by atoms with Gasteiger partial charge < -0.3 is 15.7 Å². The number of carbonyl (C=O) groups is 4. The first-order chi connectivity index (χ1) is 13.4. The normalized spacial score (nSPS) is 28.0. The molecule has 0 spiro atoms. The summed E-state index contributed by atoms with van der Waals surface area (Å²) in [4.78, 5) is 49.9. The Labute approximate surface area is 161 Å². The maximum Gasteiger partial charge on any atom is 0.262 e. The lowest BCUT2D eigenvalue weighted by molar-refractivity contribution is -0.136. The van der Waals surface area contributed by atoms with Crippen LogP contribution in [0.2, 0.25) is 0 Å². The zero-order valence-electron chi connectivity index (χ0n) is 15.2. The standard InChI is InChI=1S/C19H22N4O5/c24-12-3-1-11(8-20-9-12)21-10-2-4-13-14(7-10)19(28)23(18(13)27)15-5-6-16(25)22-17(15)26/h2,4,7,11-12,15,20-21,24H,1,3,5-6,8-9H2,(H,22,25,26)/t11-,12+,15?/m0/s1. The van der Waals surface area contributed by atoms with Gasteiger partial charge in [0.05, 0.1) is 17.2 Å². The highest BCUT2D eigenvalue weighted by Crippen LogP contribution is 2.30. The van der Waals surface area contributed by atoms with Crippen LogP contribution < -0.4 is 16.0 Å². The Morgan fingerprint density at radius 3 is 2.57 bits per heavy atom. The molecular weight excluding hydrogens is 364 g/mol. The number of hydrogen-bond donors (Lipinski definition) is 4. The van der Waals surface area contributed by atoms with E-state index >= 15 is 0 Å². The molecule has 2 fully saturated rings. The summed E-state index contributed by atoms with van der Waals surface area (Å²) < 4.78 is 0. The summed E-state index contributed by atoms with van der Waals surface area (Å²) in [6.07, 6.45) is 1.32. The van der Waals surface area contributed by atoms with Crippen molar-refractivity contribution >= 4 is 29.3 Å². The number of aliphatic hydroxyl groups excluding tert-OH is 1. The van der Waals surface area contributed by atoms with Crippen LogP contribution in [0.3, 0.4) is 0 Å². The van der Waals surface area contributed by atoms with Crippen LogP contribution in [0.15, 0.2) is 18.2 Å². The molecule has 1 aromatic rings. The molecule has 0 aromatic heterocycles. The molecule has 0 saturated carbocycles. The number of nitrogens with zero attached hydrogens (tertiary/aromatic N) is 1. The Morgan fingerprint density at radius 1 is 1.00 bits per heavy atom. The Morgan fingerprint density at radius 2 is 1.79 bits per heavy atom. The van der Waals surface area contributed by atoms with Crippen molar-refractivity contribution in [3.8, 4) is 0 Å². The molecule has 9 nitrogen and oxygen atoms in total. The van der Waals surface area contributed by atoms with Crippen LogP contribution >= 0.6 is 0 Å². The number of hydrogen-bond acceptors (Lipinski definition) is 7. The first kappa shape index (κ1) is 18.6. The third-order valence-electron chi connectivity index (χ3n) is 5.43. The van der Waals surface area contributed by atoms with Crippen molar-refractivity contribution < 1.29 is 24.3 Å². The van der Waals surface area contributed by atoms with Crippen molar-refractivity contribution in [1.82, 2.24) is 15.5 Å². The van der Waals surface area contributed by atoms with Gasteiger partial charge in [0.2, 0.25) is 11.8 Å². The van der Waals surface area contributed by atoms with Crippen LogP contribution in [0.5, 0.6) is 0 Å². The fourth-order valence-electron chi connectivity index (χ4n) is 3.94. The zero-order valence-corrected chi connectivity index (χ0v) is 15.2. The molecule has 3 aliphatic rings. The van der Waals surface area contributed by atoms with Gasteiger partial charge in [-0.05, 0) is 37.5 Å². The lowest BCUT2D eigenvalue weighted by atomic mass is 10.0. The molecule has 28 heavy (non-hydrogen) atoms. The molecule has 3 atom stereocenters. The minimum atomic E-state index is -0.964. The van der Waals surface area contributed by atoms with Crippen LogP contribution in [0.4, 0.5) is 5.69 Å². The van der Waals surface area contributed by atoms with E-state index < -0.39 is 29.7 Å². The van der Waals surface area contributed by atoms with Crippen molar-refractivity contribution in [1.29, 1.82) is 0 Å². The van der Waals surface area contributed by atoms with E-state index in [2.05, 4.69) is 16.0 Å². The SMILES string of the molecule is O=C1CCC(N2C(=O)c3ccc(N[C@H]4CC[C@@H](O)CNC4)cc3C2=O)C(=O)N1. The average molecular weight is 386 g/mol. The fourth-order valence-corrected chi connectivity index (χ4v) is 3.94. The summed E-state index contributed by atoms with van der Waals surface area (Å²) in [6, 6.07) is 4.08. The van der Waals surface area contributed by atoms with Gasteiger partial charge in [0.15, 0.2) is 0 Å². The quantitative estimate of drug-likeness (QED) is 0.521. The summed E-state index contributed by atoms with van der Waals surface area (Å²) in [7, 11) is 0. The highest BCUT2D eigenvalue weighted by atomic mass is 16.3. The second-order valence-corrected chi connectivity index (χ2v) is 7.44. The lowest BCUT2D eigenvalue weighted by Gasteiger charge is -2.27. The average Bonchev–Trinajstić information content (AvgIpc) is 2.79. The molecule has 4 amide bonds. The number of nitrogens with one attached hydrogen (secondary N) is 3. The van der Waals surface area contributed by atoms with Gasteiger partial charge in [-0.1, -0.05) is 0 Å². The highest BCUT2D eigenvalue weighted by Gasteiger charge is 2.44. The largest absolute Gasteiger partial charge is 0.392 e. The third kappa shape index (κ3) is 3.38. The lowest BCUT2D eigenvalue weighted by Crippen LogP contribution is -2.54. The van der Waals surface area contributed by atoms with Gasteiger partial charge in [-0.3, -0.25) is 29.4 Å². The third-order valence-corrected chi connectivity index (χ3v) is 5.43. The van der Waals surface area contributed by atoms with Crippen molar-refractivity contribution in [2.45, 2.75) is 43.9 Å². The minimum absolute atomic E-state index is 0.0913. The number of anilines is 1. The van der Waals surface area contributed by atoms with E-state index in [1.54, 1.807) is 18.2 Å². The van der Waals surface area contributed by atoms with E-state index in [1.807, 2.05) is 0 Å². The van der Waals surface area contributed by atoms with Gasteiger partial charge in [-0.15, -0.1) is 0 Å². The van der Waals surface area contributed by atoms with Crippen molar-refractivity contribution in [3.05, 3.63) is 29.3 Å². The minimum Gasteiger partial charge on any atom is -0.392 e. The van der Waals surface area contributed by atoms with Gasteiger partial charge in [-0.2, -0.15) is 0 Å². The number of rotatable bonds is 3. The molecule has 0 bridgehead atoms. The molecule has 4 N–H and O–H groups in total. The van der Waals surface area contributed by atoms with Crippen molar-refractivity contribution in [3.63, 3.8) is 0 Å². The number of aliphatic hydroxyl groups is 1. The molecule has 9 heteroatoms. The number of β-amino-alcohol motifs (C(OH)–C–C–N with tert-alkyl or cyclic N) is 1. The first-order valence-electron chi connectivity index (χ1n) is 9.45. The van der Waals surface area contributed by atoms with Gasteiger partial charge in [0.25, 0.3) is 11.8 Å². The summed E-state index contributed by atoms with van der Waals surface area (Å²) in [5.74, 6) is -2.05. The van der Waals surface area contributed by atoms with Crippen molar-refractivity contribution in [2.24, 2.45) is 0 Å². The molecule has 3 aliphatic heterocycles. The first-order valence-corrected chi connectivity index (χ1v) is 9.45. The summed E-state index contributed by atoms with van der Waals surface area (Å²) >= 11 is 0. The molecule has 1 unspecified atom stereocenters. The summed E-state index contributed by atoms with van der Waals surface area (Å²) in [5.41, 5.74) is 1.21. The van der Waals surface area contributed by atoms with Crippen LogP contribution in [-0.2, 0) is 9.59 Å². The fraction of sp³-hybridized carbons (Fsp3) is 0.474. The van der Waals surface area contributed by atoms with Gasteiger partial charge >= 0.3 is 0 Å². The van der Waals surface area contributed by atoms with E-state index in [9.17, 15) is 24.3 Å². The van der Waals surface area contributed by atoms with E-state index in [4.69, 9.17) is 0 Å². The monoisotopic (exact) mass is 386 g/mol. The van der Waals surface area contributed by atoms with Gasteiger partial charge in [-0.25, -0.2) is 0 Å². The Balaban J connectivity index is 1.52. The zero-order chi connectivity index (χ0) is 19.8. The molecule has 3 heterocycles. The molecule has 0 radical (unpaired) electrons. The predicted molar refractivity (Wildman–Crippen MR) is 98.6 cm³/mol. The molecule has 148 valence electrons. The van der Waals surface area contributed by atoms with Crippen LogP contribution in [0, 0.1) is 0 Å². The van der Waals surface area contributed by atoms with Crippen LogP contribution in [0.25, 0.3) is 0 Å². The topological polar surface area (TPSA) is 128 Å². The Kier molecular flexibility index (Phi) is 4.86.